The second-order valence-electron chi connectivity index (χ2n) is 5.36. The van der Waals surface area contributed by atoms with E-state index in [2.05, 4.69) is 30.0 Å². The van der Waals surface area contributed by atoms with E-state index < -0.39 is 0 Å². The Morgan fingerprint density at radius 2 is 2.24 bits per heavy atom. The highest BCUT2D eigenvalue weighted by molar-refractivity contribution is 6.30. The number of benzene rings is 1. The average molecular weight is 250 g/mol. The molecule has 0 N–H and O–H groups in total. The Balaban J connectivity index is 2.01. The van der Waals surface area contributed by atoms with Gasteiger partial charge in [-0.25, -0.2) is 0 Å². The van der Waals surface area contributed by atoms with Crippen LogP contribution in [0.25, 0.3) is 0 Å². The molecule has 0 amide bonds. The van der Waals surface area contributed by atoms with Crippen LogP contribution in [-0.2, 0) is 6.42 Å². The molecule has 1 heterocycles. The lowest BCUT2D eigenvalue weighted by molar-refractivity contribution is 0.0853. The Morgan fingerprint density at radius 3 is 3.06 bits per heavy atom. The van der Waals surface area contributed by atoms with Crippen molar-refractivity contribution in [3.8, 4) is 0 Å². The fraction of sp³-hybridized carbons (Fsp3) is 0.600. The van der Waals surface area contributed by atoms with Crippen LogP contribution in [0.15, 0.2) is 18.2 Å². The molecule has 0 unspecified atom stereocenters. The van der Waals surface area contributed by atoms with Gasteiger partial charge < -0.3 is 0 Å². The highest BCUT2D eigenvalue weighted by Gasteiger charge is 2.35. The standard InChI is InChI=1S/C15H20ClN/c1-2-17-9-3-4-11-5-6-12-10-13(16)7-8-14(12)15(11)17/h7-8,10-11,15H,2-6,9H2,1H3/t11-,15-/m1/s1. The quantitative estimate of drug-likeness (QED) is 0.726. The molecule has 92 valence electrons. The Hall–Kier alpha value is -0.530. The Labute approximate surface area is 109 Å². The first-order valence-electron chi connectivity index (χ1n) is 6.82. The monoisotopic (exact) mass is 249 g/mol. The number of likely N-dealkylation sites (tertiary alicyclic amines) is 1. The van der Waals surface area contributed by atoms with Gasteiger partial charge in [0.2, 0.25) is 0 Å². The molecule has 1 saturated heterocycles. The summed E-state index contributed by atoms with van der Waals surface area (Å²) >= 11 is 6.11. The molecule has 0 aromatic heterocycles. The van der Waals surface area contributed by atoms with E-state index in [1.165, 1.54) is 44.3 Å². The van der Waals surface area contributed by atoms with Crippen LogP contribution < -0.4 is 0 Å². The molecule has 2 heteroatoms. The zero-order chi connectivity index (χ0) is 11.8. The van der Waals surface area contributed by atoms with Crippen LogP contribution in [0, 0.1) is 5.92 Å². The summed E-state index contributed by atoms with van der Waals surface area (Å²) < 4.78 is 0. The topological polar surface area (TPSA) is 3.24 Å². The first-order valence-corrected chi connectivity index (χ1v) is 7.19. The van der Waals surface area contributed by atoms with Crippen molar-refractivity contribution in [2.75, 3.05) is 13.1 Å². The van der Waals surface area contributed by atoms with Crippen molar-refractivity contribution >= 4 is 11.6 Å². The van der Waals surface area contributed by atoms with Crippen LogP contribution in [0.5, 0.6) is 0 Å². The van der Waals surface area contributed by atoms with E-state index in [9.17, 15) is 0 Å². The summed E-state index contributed by atoms with van der Waals surface area (Å²) in [6.07, 6.45) is 5.34. The third kappa shape index (κ3) is 2.00. The molecule has 1 aromatic carbocycles. The number of fused-ring (bicyclic) bond motifs is 3. The Kier molecular flexibility index (Phi) is 3.14. The van der Waals surface area contributed by atoms with E-state index in [0.29, 0.717) is 6.04 Å². The lowest BCUT2D eigenvalue weighted by Crippen LogP contribution is -2.41. The van der Waals surface area contributed by atoms with Gasteiger partial charge in [-0.05, 0) is 68.0 Å². The van der Waals surface area contributed by atoms with Crippen molar-refractivity contribution in [1.82, 2.24) is 4.90 Å². The highest BCUT2D eigenvalue weighted by Crippen LogP contribution is 2.44. The molecule has 2 aliphatic rings. The zero-order valence-corrected chi connectivity index (χ0v) is 11.2. The van der Waals surface area contributed by atoms with E-state index in [0.717, 1.165) is 10.9 Å². The lowest BCUT2D eigenvalue weighted by Gasteiger charge is -2.44. The maximum atomic E-state index is 6.11. The summed E-state index contributed by atoms with van der Waals surface area (Å²) in [6.45, 7) is 4.72. The molecule has 3 rings (SSSR count). The molecule has 1 aliphatic heterocycles. The van der Waals surface area contributed by atoms with Gasteiger partial charge in [0.05, 0.1) is 0 Å². The minimum Gasteiger partial charge on any atom is -0.296 e. The van der Waals surface area contributed by atoms with Crippen molar-refractivity contribution in [1.29, 1.82) is 0 Å². The fourth-order valence-electron chi connectivity index (χ4n) is 3.68. The summed E-state index contributed by atoms with van der Waals surface area (Å²) in [7, 11) is 0. The van der Waals surface area contributed by atoms with Crippen molar-refractivity contribution in [2.24, 2.45) is 5.92 Å². The van der Waals surface area contributed by atoms with Crippen LogP contribution in [0.3, 0.4) is 0 Å². The number of aryl methyl sites for hydroxylation is 1. The first kappa shape index (κ1) is 11.6. The molecule has 17 heavy (non-hydrogen) atoms. The predicted octanol–water partition coefficient (Wildman–Crippen LogP) is 4.06. The van der Waals surface area contributed by atoms with Crippen LogP contribution in [0.2, 0.25) is 5.02 Å². The minimum absolute atomic E-state index is 0.662. The molecule has 0 spiro atoms. The molecule has 1 aliphatic carbocycles. The van der Waals surface area contributed by atoms with Gasteiger partial charge in [0.25, 0.3) is 0 Å². The number of halogens is 1. The molecule has 0 saturated carbocycles. The van der Waals surface area contributed by atoms with Gasteiger partial charge in [0, 0.05) is 11.1 Å². The SMILES string of the molecule is CCN1CCC[C@@H]2CCc3cc(Cl)ccc3[C@@H]21. The lowest BCUT2D eigenvalue weighted by atomic mass is 9.75. The summed E-state index contributed by atoms with van der Waals surface area (Å²) in [6, 6.07) is 7.17. The largest absolute Gasteiger partial charge is 0.296 e. The third-order valence-corrected chi connectivity index (χ3v) is 4.71. The molecule has 0 bridgehead atoms. The summed E-state index contributed by atoms with van der Waals surface area (Å²) in [5.74, 6) is 0.873. The van der Waals surface area contributed by atoms with Gasteiger partial charge in [0.1, 0.15) is 0 Å². The molecule has 1 aromatic rings. The smallest absolute Gasteiger partial charge is 0.0408 e. The van der Waals surface area contributed by atoms with E-state index in [1.54, 1.807) is 5.56 Å². The normalized spacial score (nSPS) is 28.6. The summed E-state index contributed by atoms with van der Waals surface area (Å²) in [5, 5.41) is 0.890. The second kappa shape index (κ2) is 4.62. The Bertz CT molecular complexity index is 415. The van der Waals surface area contributed by atoms with Crippen LogP contribution in [-0.4, -0.2) is 18.0 Å². The summed E-state index contributed by atoms with van der Waals surface area (Å²) in [5.41, 5.74) is 3.03. The molecule has 0 radical (unpaired) electrons. The predicted molar refractivity (Wildman–Crippen MR) is 72.5 cm³/mol. The van der Waals surface area contributed by atoms with Crippen LogP contribution in [0.4, 0.5) is 0 Å². The van der Waals surface area contributed by atoms with Gasteiger partial charge in [-0.3, -0.25) is 4.90 Å². The van der Waals surface area contributed by atoms with Crippen molar-refractivity contribution in [3.63, 3.8) is 0 Å². The van der Waals surface area contributed by atoms with Crippen LogP contribution in [0.1, 0.15) is 43.4 Å². The van der Waals surface area contributed by atoms with Gasteiger partial charge in [-0.1, -0.05) is 24.6 Å². The average Bonchev–Trinajstić information content (AvgIpc) is 2.37. The molecular formula is C15H20ClN. The molecule has 1 nitrogen and oxygen atoms in total. The van der Waals surface area contributed by atoms with Gasteiger partial charge in [-0.15, -0.1) is 0 Å². The number of hydrogen-bond donors (Lipinski definition) is 0. The zero-order valence-electron chi connectivity index (χ0n) is 10.5. The third-order valence-electron chi connectivity index (χ3n) is 4.47. The number of rotatable bonds is 1. The van der Waals surface area contributed by atoms with E-state index >= 15 is 0 Å². The second-order valence-corrected chi connectivity index (χ2v) is 5.79. The highest BCUT2D eigenvalue weighted by atomic mass is 35.5. The van der Waals surface area contributed by atoms with Crippen molar-refractivity contribution < 1.29 is 0 Å². The first-order chi connectivity index (χ1) is 8.29. The van der Waals surface area contributed by atoms with Crippen molar-refractivity contribution in [2.45, 2.75) is 38.6 Å². The van der Waals surface area contributed by atoms with Gasteiger partial charge in [-0.2, -0.15) is 0 Å². The van der Waals surface area contributed by atoms with Gasteiger partial charge >= 0.3 is 0 Å². The maximum absolute atomic E-state index is 6.11. The number of nitrogens with zero attached hydrogens (tertiary/aromatic N) is 1. The minimum atomic E-state index is 0.662. The van der Waals surface area contributed by atoms with E-state index in [4.69, 9.17) is 11.6 Å². The van der Waals surface area contributed by atoms with E-state index in [1.807, 2.05) is 0 Å². The number of hydrogen-bond acceptors (Lipinski definition) is 1. The number of piperidine rings is 1. The Morgan fingerprint density at radius 1 is 1.35 bits per heavy atom. The molecule has 1 fully saturated rings. The maximum Gasteiger partial charge on any atom is 0.0408 e. The molecule has 2 atom stereocenters. The van der Waals surface area contributed by atoms with Crippen molar-refractivity contribution in [3.05, 3.63) is 34.3 Å². The van der Waals surface area contributed by atoms with Crippen LogP contribution >= 0.6 is 11.6 Å². The summed E-state index contributed by atoms with van der Waals surface area (Å²) in [4.78, 5) is 2.65. The van der Waals surface area contributed by atoms with Gasteiger partial charge in [0.15, 0.2) is 0 Å². The van der Waals surface area contributed by atoms with E-state index in [-0.39, 0.29) is 0 Å². The molecular weight excluding hydrogens is 230 g/mol. The fourth-order valence-corrected chi connectivity index (χ4v) is 3.87.